The Bertz CT molecular complexity index is 265. The second-order valence-electron chi connectivity index (χ2n) is 4.39. The Balaban J connectivity index is 1.97. The minimum atomic E-state index is 0.697. The molecule has 14 heavy (non-hydrogen) atoms. The maximum Gasteiger partial charge on any atom is 0.0329 e. The van der Waals surface area contributed by atoms with Gasteiger partial charge >= 0.3 is 0 Å². The summed E-state index contributed by atoms with van der Waals surface area (Å²) in [6.45, 7) is 4.63. The van der Waals surface area contributed by atoms with E-state index in [0.717, 1.165) is 0 Å². The van der Waals surface area contributed by atoms with Crippen LogP contribution in [0.3, 0.4) is 0 Å². The molecule has 0 bridgehead atoms. The third-order valence-corrected chi connectivity index (χ3v) is 3.34. The molecule has 0 unspecified atom stereocenters. The highest BCUT2D eigenvalue weighted by Crippen LogP contribution is 2.24. The normalized spacial score (nSPS) is 27.6. The number of nitrogens with one attached hydrogen (secondary N) is 1. The smallest absolute Gasteiger partial charge is 0.0329 e. The molecule has 2 nitrogen and oxygen atoms in total. The Kier molecular flexibility index (Phi) is 2.92. The van der Waals surface area contributed by atoms with Crippen molar-refractivity contribution in [2.45, 2.75) is 32.2 Å². The summed E-state index contributed by atoms with van der Waals surface area (Å²) in [5, 5.41) is 3.36. The molecule has 0 aromatic heterocycles. The fraction of sp³-hybridized carbons (Fsp3) is 0.667. The van der Waals surface area contributed by atoms with E-state index >= 15 is 0 Å². The van der Waals surface area contributed by atoms with Gasteiger partial charge in [-0.15, -0.1) is 0 Å². The largest absolute Gasteiger partial charge is 0.373 e. The molecule has 0 aromatic carbocycles. The van der Waals surface area contributed by atoms with Crippen LogP contribution in [0.4, 0.5) is 0 Å². The molecule has 0 radical (unpaired) electrons. The van der Waals surface area contributed by atoms with Crippen molar-refractivity contribution >= 4 is 0 Å². The van der Waals surface area contributed by atoms with Gasteiger partial charge in [-0.05, 0) is 39.3 Å². The molecule has 1 aliphatic carbocycles. The molecule has 1 heterocycles. The van der Waals surface area contributed by atoms with E-state index in [9.17, 15) is 0 Å². The third-order valence-electron chi connectivity index (χ3n) is 3.34. The molecule has 1 fully saturated rings. The van der Waals surface area contributed by atoms with Crippen molar-refractivity contribution in [2.75, 3.05) is 20.1 Å². The van der Waals surface area contributed by atoms with E-state index < -0.39 is 0 Å². The average Bonchev–Trinajstić information content (AvgIpc) is 2.67. The first-order valence-corrected chi connectivity index (χ1v) is 5.58. The molecule has 0 saturated carbocycles. The number of nitrogens with zero attached hydrogens (tertiary/aromatic N) is 1. The van der Waals surface area contributed by atoms with Gasteiger partial charge in [0.05, 0.1) is 0 Å². The highest BCUT2D eigenvalue weighted by atomic mass is 15.2. The Morgan fingerprint density at radius 2 is 2.21 bits per heavy atom. The Morgan fingerprint density at radius 3 is 2.79 bits per heavy atom. The highest BCUT2D eigenvalue weighted by Gasteiger charge is 2.22. The molecule has 1 atom stereocenters. The van der Waals surface area contributed by atoms with Gasteiger partial charge < -0.3 is 10.2 Å². The lowest BCUT2D eigenvalue weighted by atomic mass is 10.0. The van der Waals surface area contributed by atoms with Crippen LogP contribution in [0.25, 0.3) is 0 Å². The molecule has 0 amide bonds. The van der Waals surface area contributed by atoms with Crippen molar-refractivity contribution in [3.05, 3.63) is 23.4 Å². The average molecular weight is 192 g/mol. The summed E-state index contributed by atoms with van der Waals surface area (Å²) in [6.07, 6.45) is 8.34. The van der Waals surface area contributed by atoms with Crippen LogP contribution in [0, 0.1) is 0 Å². The predicted octanol–water partition coefficient (Wildman–Crippen LogP) is 1.90. The van der Waals surface area contributed by atoms with E-state index in [0.29, 0.717) is 6.04 Å². The van der Waals surface area contributed by atoms with Gasteiger partial charge in [-0.1, -0.05) is 11.6 Å². The van der Waals surface area contributed by atoms with Crippen molar-refractivity contribution in [2.24, 2.45) is 0 Å². The third kappa shape index (κ3) is 2.01. The number of likely N-dealkylation sites (N-methyl/N-ethyl adjacent to an activating group) is 1. The SMILES string of the molecule is CN[C@@H]1CCN(C2=CC=C(C)CC2)C1. The van der Waals surface area contributed by atoms with Crippen LogP contribution in [0.2, 0.25) is 0 Å². The molecule has 1 aliphatic heterocycles. The van der Waals surface area contributed by atoms with E-state index in [2.05, 4.69) is 36.3 Å². The van der Waals surface area contributed by atoms with Crippen molar-refractivity contribution in [1.29, 1.82) is 0 Å². The maximum absolute atomic E-state index is 3.36. The fourth-order valence-corrected chi connectivity index (χ4v) is 2.25. The number of hydrogen-bond acceptors (Lipinski definition) is 2. The van der Waals surface area contributed by atoms with E-state index in [1.165, 1.54) is 43.6 Å². The number of rotatable bonds is 2. The summed E-state index contributed by atoms with van der Waals surface area (Å²) in [4.78, 5) is 2.53. The molecule has 2 heteroatoms. The van der Waals surface area contributed by atoms with E-state index in [-0.39, 0.29) is 0 Å². The van der Waals surface area contributed by atoms with Gasteiger partial charge in [-0.3, -0.25) is 0 Å². The van der Waals surface area contributed by atoms with Crippen molar-refractivity contribution in [3.8, 4) is 0 Å². The summed E-state index contributed by atoms with van der Waals surface area (Å²) < 4.78 is 0. The second-order valence-corrected chi connectivity index (χ2v) is 4.39. The Labute approximate surface area is 86.7 Å². The molecule has 0 aromatic rings. The molecule has 1 N–H and O–H groups in total. The first kappa shape index (κ1) is 9.78. The lowest BCUT2D eigenvalue weighted by Gasteiger charge is -2.24. The van der Waals surface area contributed by atoms with Crippen LogP contribution in [0.5, 0.6) is 0 Å². The maximum atomic E-state index is 3.36. The summed E-state index contributed by atoms with van der Waals surface area (Å²) in [5.41, 5.74) is 3.05. The van der Waals surface area contributed by atoms with E-state index in [1.54, 1.807) is 0 Å². The molecule has 2 aliphatic rings. The van der Waals surface area contributed by atoms with Gasteiger partial charge in [-0.25, -0.2) is 0 Å². The molecular formula is C12H20N2. The fourth-order valence-electron chi connectivity index (χ4n) is 2.25. The monoisotopic (exact) mass is 192 g/mol. The van der Waals surface area contributed by atoms with Crippen LogP contribution in [0.1, 0.15) is 26.2 Å². The lowest BCUT2D eigenvalue weighted by Crippen LogP contribution is -2.29. The summed E-state index contributed by atoms with van der Waals surface area (Å²) >= 11 is 0. The standard InChI is InChI=1S/C12H20N2/c1-10-3-5-12(6-4-10)14-8-7-11(9-14)13-2/h3,5,11,13H,4,6-9H2,1-2H3/t11-/m1/s1. The van der Waals surface area contributed by atoms with Gasteiger partial charge in [0.25, 0.3) is 0 Å². The van der Waals surface area contributed by atoms with Crippen molar-refractivity contribution < 1.29 is 0 Å². The van der Waals surface area contributed by atoms with Gasteiger partial charge in [-0.2, -0.15) is 0 Å². The minimum absolute atomic E-state index is 0.697. The van der Waals surface area contributed by atoms with Crippen LogP contribution in [-0.2, 0) is 0 Å². The topological polar surface area (TPSA) is 15.3 Å². The molecule has 0 spiro atoms. The zero-order valence-electron chi connectivity index (χ0n) is 9.21. The summed E-state index contributed by atoms with van der Waals surface area (Å²) in [5.74, 6) is 0. The van der Waals surface area contributed by atoms with Gasteiger partial charge in [0.1, 0.15) is 0 Å². The van der Waals surface area contributed by atoms with Crippen LogP contribution in [0.15, 0.2) is 23.4 Å². The first-order valence-electron chi connectivity index (χ1n) is 5.58. The quantitative estimate of drug-likeness (QED) is 0.719. The first-order chi connectivity index (χ1) is 6.79. The Morgan fingerprint density at radius 1 is 1.36 bits per heavy atom. The van der Waals surface area contributed by atoms with Gasteiger partial charge in [0.2, 0.25) is 0 Å². The van der Waals surface area contributed by atoms with E-state index in [4.69, 9.17) is 0 Å². The molecular weight excluding hydrogens is 172 g/mol. The number of likely N-dealkylation sites (tertiary alicyclic amines) is 1. The molecule has 78 valence electrons. The highest BCUT2D eigenvalue weighted by molar-refractivity contribution is 5.22. The Hall–Kier alpha value is -0.760. The summed E-state index contributed by atoms with van der Waals surface area (Å²) in [6, 6.07) is 0.697. The number of allylic oxidation sites excluding steroid dienone is 4. The zero-order valence-corrected chi connectivity index (χ0v) is 9.21. The number of hydrogen-bond donors (Lipinski definition) is 1. The van der Waals surface area contributed by atoms with E-state index in [1.807, 2.05) is 0 Å². The summed E-state index contributed by atoms with van der Waals surface area (Å²) in [7, 11) is 2.06. The zero-order chi connectivity index (χ0) is 9.97. The van der Waals surface area contributed by atoms with Gasteiger partial charge in [0.15, 0.2) is 0 Å². The van der Waals surface area contributed by atoms with Crippen molar-refractivity contribution in [1.82, 2.24) is 10.2 Å². The molecule has 1 saturated heterocycles. The second kappa shape index (κ2) is 4.18. The van der Waals surface area contributed by atoms with Crippen LogP contribution in [-0.4, -0.2) is 31.1 Å². The predicted molar refractivity (Wildman–Crippen MR) is 60.1 cm³/mol. The van der Waals surface area contributed by atoms with Crippen LogP contribution >= 0.6 is 0 Å². The lowest BCUT2D eigenvalue weighted by molar-refractivity contribution is 0.394. The molecule has 2 rings (SSSR count). The van der Waals surface area contributed by atoms with Crippen molar-refractivity contribution in [3.63, 3.8) is 0 Å². The minimum Gasteiger partial charge on any atom is -0.373 e. The van der Waals surface area contributed by atoms with Gasteiger partial charge in [0, 0.05) is 24.8 Å². The van der Waals surface area contributed by atoms with Crippen LogP contribution < -0.4 is 5.32 Å².